The Morgan fingerprint density at radius 1 is 1.19 bits per heavy atom. The van der Waals surface area contributed by atoms with Crippen molar-refractivity contribution in [3.05, 3.63) is 70.7 Å². The van der Waals surface area contributed by atoms with Gasteiger partial charge in [0.25, 0.3) is 0 Å². The van der Waals surface area contributed by atoms with Crippen molar-refractivity contribution in [2.45, 2.75) is 18.6 Å². The van der Waals surface area contributed by atoms with Crippen molar-refractivity contribution in [3.63, 3.8) is 0 Å². The summed E-state index contributed by atoms with van der Waals surface area (Å²) in [7, 11) is 0. The zero-order valence-corrected chi connectivity index (χ0v) is 17.2. The molecule has 1 aliphatic rings. The summed E-state index contributed by atoms with van der Waals surface area (Å²) in [5.41, 5.74) is 2.36. The van der Waals surface area contributed by atoms with Crippen LogP contribution in [0.2, 0.25) is 5.02 Å². The van der Waals surface area contributed by atoms with E-state index in [0.29, 0.717) is 11.7 Å². The number of ether oxygens (including phenoxy) is 1. The summed E-state index contributed by atoms with van der Waals surface area (Å²) >= 11 is 7.73. The lowest BCUT2D eigenvalue weighted by Crippen LogP contribution is -2.36. The van der Waals surface area contributed by atoms with Crippen LogP contribution in [-0.2, 0) is 9.53 Å². The van der Waals surface area contributed by atoms with Crippen molar-refractivity contribution < 1.29 is 9.53 Å². The van der Waals surface area contributed by atoms with Gasteiger partial charge in [-0.1, -0.05) is 54.1 Å². The molecule has 1 saturated heterocycles. The molecule has 5 heteroatoms. The zero-order valence-electron chi connectivity index (χ0n) is 15.6. The van der Waals surface area contributed by atoms with E-state index in [4.69, 9.17) is 16.3 Å². The third-order valence-corrected chi connectivity index (χ3v) is 6.43. The van der Waals surface area contributed by atoms with Gasteiger partial charge in [0.2, 0.25) is 5.91 Å². The molecule has 2 atom stereocenters. The standard InChI is InChI=1S/C22H26ClNO2S/c1-2-24(14-17-12-13-26-15-17)21(25)16-27-22(18-6-4-3-5-7-18)19-8-10-20(23)11-9-19/h3-11,17,22H,2,12-16H2,1H3. The lowest BCUT2D eigenvalue weighted by Gasteiger charge is -2.25. The van der Waals surface area contributed by atoms with Gasteiger partial charge in [-0.2, -0.15) is 0 Å². The first-order valence-electron chi connectivity index (χ1n) is 9.45. The van der Waals surface area contributed by atoms with Crippen molar-refractivity contribution >= 4 is 29.3 Å². The summed E-state index contributed by atoms with van der Waals surface area (Å²) in [5, 5.41) is 0.837. The van der Waals surface area contributed by atoms with E-state index in [0.717, 1.165) is 43.3 Å². The van der Waals surface area contributed by atoms with Gasteiger partial charge in [-0.05, 0) is 36.6 Å². The van der Waals surface area contributed by atoms with Crippen molar-refractivity contribution in [2.24, 2.45) is 5.92 Å². The predicted octanol–water partition coefficient (Wildman–Crippen LogP) is 5.05. The molecular weight excluding hydrogens is 378 g/mol. The summed E-state index contributed by atoms with van der Waals surface area (Å²) in [5.74, 6) is 1.13. The number of carbonyl (C=O) groups is 1. The number of amides is 1. The van der Waals surface area contributed by atoms with Gasteiger partial charge < -0.3 is 9.64 Å². The summed E-state index contributed by atoms with van der Waals surface area (Å²) < 4.78 is 5.45. The second-order valence-corrected chi connectivity index (χ2v) is 8.35. The third kappa shape index (κ3) is 5.74. The van der Waals surface area contributed by atoms with Crippen molar-refractivity contribution in [3.8, 4) is 0 Å². The normalized spacial score (nSPS) is 17.6. The molecule has 2 unspecified atom stereocenters. The second-order valence-electron chi connectivity index (χ2n) is 6.82. The molecule has 0 N–H and O–H groups in total. The lowest BCUT2D eigenvalue weighted by atomic mass is 10.0. The van der Waals surface area contributed by atoms with Crippen molar-refractivity contribution in [2.75, 3.05) is 32.1 Å². The molecular formula is C22H26ClNO2S. The molecule has 27 heavy (non-hydrogen) atoms. The largest absolute Gasteiger partial charge is 0.381 e. The highest BCUT2D eigenvalue weighted by molar-refractivity contribution is 8.00. The minimum Gasteiger partial charge on any atom is -0.381 e. The van der Waals surface area contributed by atoms with Gasteiger partial charge in [0.05, 0.1) is 17.6 Å². The van der Waals surface area contributed by atoms with Gasteiger partial charge in [0.1, 0.15) is 0 Å². The SMILES string of the molecule is CCN(CC1CCOC1)C(=O)CSC(c1ccccc1)c1ccc(Cl)cc1. The molecule has 1 amide bonds. The Hall–Kier alpha value is -1.49. The summed E-state index contributed by atoms with van der Waals surface area (Å²) in [6, 6.07) is 18.2. The second kappa shape index (κ2) is 10.2. The van der Waals surface area contributed by atoms with Crippen molar-refractivity contribution in [1.29, 1.82) is 0 Å². The number of carbonyl (C=O) groups excluding carboxylic acids is 1. The minimum atomic E-state index is 0.112. The Morgan fingerprint density at radius 2 is 1.89 bits per heavy atom. The Morgan fingerprint density at radius 3 is 2.52 bits per heavy atom. The highest BCUT2D eigenvalue weighted by atomic mass is 35.5. The van der Waals surface area contributed by atoms with E-state index < -0.39 is 0 Å². The van der Waals surface area contributed by atoms with Crippen molar-refractivity contribution in [1.82, 2.24) is 4.90 Å². The van der Waals surface area contributed by atoms with Crippen LogP contribution in [0, 0.1) is 5.92 Å². The fourth-order valence-electron chi connectivity index (χ4n) is 3.34. The maximum atomic E-state index is 12.8. The highest BCUT2D eigenvalue weighted by Gasteiger charge is 2.23. The zero-order chi connectivity index (χ0) is 19.1. The summed E-state index contributed by atoms with van der Waals surface area (Å²) in [6.07, 6.45) is 1.05. The number of thioether (sulfide) groups is 1. The molecule has 0 bridgehead atoms. The predicted molar refractivity (Wildman–Crippen MR) is 113 cm³/mol. The highest BCUT2D eigenvalue weighted by Crippen LogP contribution is 2.36. The number of hydrogen-bond acceptors (Lipinski definition) is 3. The first-order valence-corrected chi connectivity index (χ1v) is 10.9. The lowest BCUT2D eigenvalue weighted by molar-refractivity contribution is -0.128. The summed E-state index contributed by atoms with van der Waals surface area (Å²) in [6.45, 7) is 5.18. The number of benzene rings is 2. The first kappa shape index (κ1) is 20.2. The molecule has 1 aliphatic heterocycles. The van der Waals surface area contributed by atoms with Gasteiger partial charge in [-0.3, -0.25) is 4.79 Å². The Balaban J connectivity index is 1.68. The van der Waals surface area contributed by atoms with Gasteiger partial charge in [0, 0.05) is 30.6 Å². The molecule has 3 rings (SSSR count). The number of rotatable bonds is 8. The minimum absolute atomic E-state index is 0.112. The van der Waals surface area contributed by atoms with E-state index in [9.17, 15) is 4.79 Å². The molecule has 0 aromatic heterocycles. The van der Waals surface area contributed by atoms with Crippen LogP contribution in [0.4, 0.5) is 0 Å². The Kier molecular flexibility index (Phi) is 7.62. The average molecular weight is 404 g/mol. The molecule has 0 radical (unpaired) electrons. The van der Waals surface area contributed by atoms with Crippen LogP contribution in [-0.4, -0.2) is 42.9 Å². The first-order chi connectivity index (χ1) is 13.2. The van der Waals surface area contributed by atoms with E-state index in [2.05, 4.69) is 12.1 Å². The molecule has 3 nitrogen and oxygen atoms in total. The molecule has 2 aromatic rings. The molecule has 2 aromatic carbocycles. The Labute approximate surface area is 171 Å². The molecule has 0 saturated carbocycles. The molecule has 0 spiro atoms. The Bertz CT molecular complexity index is 717. The molecule has 1 fully saturated rings. The van der Waals surface area contributed by atoms with E-state index in [-0.39, 0.29) is 11.2 Å². The molecule has 144 valence electrons. The average Bonchev–Trinajstić information content (AvgIpc) is 3.21. The number of hydrogen-bond donors (Lipinski definition) is 0. The maximum absolute atomic E-state index is 12.8. The van der Waals surface area contributed by atoms with Gasteiger partial charge in [0.15, 0.2) is 0 Å². The third-order valence-electron chi connectivity index (χ3n) is 4.89. The van der Waals surface area contributed by atoms with E-state index in [1.165, 1.54) is 5.56 Å². The van der Waals surface area contributed by atoms with Crippen LogP contribution in [0.25, 0.3) is 0 Å². The summed E-state index contributed by atoms with van der Waals surface area (Å²) in [4.78, 5) is 14.8. The van der Waals surface area contributed by atoms with Gasteiger partial charge >= 0.3 is 0 Å². The van der Waals surface area contributed by atoms with E-state index in [1.54, 1.807) is 11.8 Å². The fourth-order valence-corrected chi connectivity index (χ4v) is 4.66. The number of nitrogens with zero attached hydrogens (tertiary/aromatic N) is 1. The van der Waals surface area contributed by atoms with E-state index >= 15 is 0 Å². The van der Waals surface area contributed by atoms with Crippen LogP contribution in [0.15, 0.2) is 54.6 Å². The van der Waals surface area contributed by atoms with E-state index in [1.807, 2.05) is 54.3 Å². The van der Waals surface area contributed by atoms with Gasteiger partial charge in [-0.15, -0.1) is 11.8 Å². The smallest absolute Gasteiger partial charge is 0.232 e. The molecule has 0 aliphatic carbocycles. The quantitative estimate of drug-likeness (QED) is 0.617. The van der Waals surface area contributed by atoms with Crippen LogP contribution in [0.3, 0.4) is 0 Å². The number of halogens is 1. The van der Waals surface area contributed by atoms with Crippen LogP contribution in [0.1, 0.15) is 29.7 Å². The van der Waals surface area contributed by atoms with Crippen LogP contribution < -0.4 is 0 Å². The monoisotopic (exact) mass is 403 g/mol. The fraction of sp³-hybridized carbons (Fsp3) is 0.409. The van der Waals surface area contributed by atoms with Crippen LogP contribution in [0.5, 0.6) is 0 Å². The molecule has 1 heterocycles. The van der Waals surface area contributed by atoms with Crippen LogP contribution >= 0.6 is 23.4 Å². The topological polar surface area (TPSA) is 29.5 Å². The van der Waals surface area contributed by atoms with Gasteiger partial charge in [-0.25, -0.2) is 0 Å². The maximum Gasteiger partial charge on any atom is 0.232 e.